The largest absolute Gasteiger partial charge is 0.444 e. The van der Waals surface area contributed by atoms with E-state index in [-0.39, 0.29) is 36.0 Å². The summed E-state index contributed by atoms with van der Waals surface area (Å²) in [5.41, 5.74) is 6.15. The van der Waals surface area contributed by atoms with Crippen molar-refractivity contribution in [3.63, 3.8) is 0 Å². The van der Waals surface area contributed by atoms with E-state index in [0.717, 1.165) is 37.8 Å². The van der Waals surface area contributed by atoms with Crippen LogP contribution in [0.15, 0.2) is 11.8 Å². The summed E-state index contributed by atoms with van der Waals surface area (Å²) in [6.07, 6.45) is 6.31. The second-order valence-electron chi connectivity index (χ2n) is 11.4. The second-order valence-corrected chi connectivity index (χ2v) is 11.4. The zero-order valence-electron chi connectivity index (χ0n) is 21.8. The van der Waals surface area contributed by atoms with E-state index in [4.69, 9.17) is 10.5 Å². The summed E-state index contributed by atoms with van der Waals surface area (Å²) in [7, 11) is 3.59. The van der Waals surface area contributed by atoms with Crippen molar-refractivity contribution in [2.45, 2.75) is 96.5 Å². The molecule has 2 saturated heterocycles. The van der Waals surface area contributed by atoms with Crippen molar-refractivity contribution in [3.05, 3.63) is 11.8 Å². The molecule has 1 aliphatic carbocycles. The number of hydrogen-bond donors (Lipinski definition) is 2. The van der Waals surface area contributed by atoms with Gasteiger partial charge in [-0.3, -0.25) is 4.79 Å². The van der Waals surface area contributed by atoms with Gasteiger partial charge in [0.2, 0.25) is 5.91 Å². The first-order valence-corrected chi connectivity index (χ1v) is 12.5. The topological polar surface area (TPSA) is 108 Å². The molecule has 2 fully saturated rings. The van der Waals surface area contributed by atoms with E-state index in [1.807, 2.05) is 32.6 Å². The Bertz CT molecular complexity index is 807. The lowest BCUT2D eigenvalue weighted by molar-refractivity contribution is -0.122. The van der Waals surface area contributed by atoms with Crippen LogP contribution in [-0.4, -0.2) is 83.1 Å². The number of primary amides is 1. The van der Waals surface area contributed by atoms with Crippen LogP contribution in [0.1, 0.15) is 66.7 Å². The van der Waals surface area contributed by atoms with Crippen molar-refractivity contribution >= 4 is 18.0 Å². The molecule has 0 radical (unpaired) electrons. The lowest BCUT2D eigenvalue weighted by Crippen LogP contribution is -2.61. The molecule has 5 unspecified atom stereocenters. The number of alkyl carbamates (subject to hydrolysis) is 1. The van der Waals surface area contributed by atoms with Gasteiger partial charge < -0.3 is 30.5 Å². The number of carbonyl (C=O) groups is 3. The lowest BCUT2D eigenvalue weighted by Gasteiger charge is -2.51. The van der Waals surface area contributed by atoms with Crippen molar-refractivity contribution < 1.29 is 19.1 Å². The van der Waals surface area contributed by atoms with E-state index < -0.39 is 17.7 Å². The fourth-order valence-corrected chi connectivity index (χ4v) is 5.48. The number of nitrogens with two attached hydrogens (primary N) is 1. The lowest BCUT2D eigenvalue weighted by atomic mass is 9.75. The van der Waals surface area contributed by atoms with Crippen molar-refractivity contribution in [2.75, 3.05) is 20.6 Å². The number of ether oxygens (including phenoxy) is 1. The normalized spacial score (nSPS) is 27.7. The van der Waals surface area contributed by atoms with Gasteiger partial charge in [-0.1, -0.05) is 13.0 Å². The van der Waals surface area contributed by atoms with E-state index >= 15 is 0 Å². The number of carbonyl (C=O) groups excluding carboxylic acids is 3. The minimum Gasteiger partial charge on any atom is -0.444 e. The number of fused-ring (bicyclic) bond motifs is 2. The standard InChI is InChI=1S/C25H43N5O4/c1-15-11-21(15)29(16(2)22(26)31)14-20(27-23(32)34-25(3,4)5)17-12-18-9-8-10-19(13-17)30(18)24(33)28(6)7/h11,15-20H,8-10,12-14H2,1-7H3,(H2,26,31)(H,27,32). The van der Waals surface area contributed by atoms with E-state index in [0.29, 0.717) is 12.5 Å². The summed E-state index contributed by atoms with van der Waals surface area (Å²) in [6.45, 7) is 9.90. The predicted molar refractivity (Wildman–Crippen MR) is 131 cm³/mol. The molecular weight excluding hydrogens is 434 g/mol. The van der Waals surface area contributed by atoms with Crippen LogP contribution in [0.4, 0.5) is 9.59 Å². The molecule has 192 valence electrons. The van der Waals surface area contributed by atoms with Crippen LogP contribution in [-0.2, 0) is 9.53 Å². The van der Waals surface area contributed by atoms with E-state index in [2.05, 4.69) is 23.2 Å². The second kappa shape index (κ2) is 10.0. The van der Waals surface area contributed by atoms with Crippen LogP contribution in [0.3, 0.4) is 0 Å². The Balaban J connectivity index is 1.83. The van der Waals surface area contributed by atoms with Crippen LogP contribution in [0.25, 0.3) is 0 Å². The Labute approximate surface area is 204 Å². The molecule has 0 aromatic rings. The minimum absolute atomic E-state index is 0.0609. The Morgan fingerprint density at radius 1 is 1.21 bits per heavy atom. The van der Waals surface area contributed by atoms with Crippen LogP contribution in [0, 0.1) is 11.8 Å². The first-order valence-electron chi connectivity index (χ1n) is 12.5. The van der Waals surface area contributed by atoms with Gasteiger partial charge in [-0.2, -0.15) is 0 Å². The Morgan fingerprint density at radius 2 is 1.76 bits per heavy atom. The van der Waals surface area contributed by atoms with E-state index in [1.165, 1.54) is 0 Å². The molecule has 4 amide bonds. The average Bonchev–Trinajstić information content (AvgIpc) is 3.43. The van der Waals surface area contributed by atoms with Crippen molar-refractivity contribution in [1.29, 1.82) is 0 Å². The Hall–Kier alpha value is -2.45. The number of piperidine rings is 2. The summed E-state index contributed by atoms with van der Waals surface area (Å²) < 4.78 is 5.58. The molecule has 0 spiro atoms. The van der Waals surface area contributed by atoms with Gasteiger partial charge in [0.25, 0.3) is 0 Å². The molecule has 0 saturated carbocycles. The van der Waals surface area contributed by atoms with Crippen molar-refractivity contribution in [3.8, 4) is 0 Å². The van der Waals surface area contributed by atoms with Crippen LogP contribution in [0.5, 0.6) is 0 Å². The highest BCUT2D eigenvalue weighted by Crippen LogP contribution is 2.40. The van der Waals surface area contributed by atoms with Crippen molar-refractivity contribution in [1.82, 2.24) is 20.0 Å². The van der Waals surface area contributed by atoms with Gasteiger partial charge in [-0.25, -0.2) is 9.59 Å². The molecule has 0 aromatic heterocycles. The highest BCUT2D eigenvalue weighted by molar-refractivity contribution is 5.80. The number of nitrogens with zero attached hydrogens (tertiary/aromatic N) is 3. The smallest absolute Gasteiger partial charge is 0.407 e. The number of nitrogens with one attached hydrogen (secondary N) is 1. The summed E-state index contributed by atoms with van der Waals surface area (Å²) in [5.74, 6) is 0.0634. The summed E-state index contributed by atoms with van der Waals surface area (Å²) >= 11 is 0. The number of urea groups is 1. The van der Waals surface area contributed by atoms with Gasteiger partial charge >= 0.3 is 12.1 Å². The van der Waals surface area contributed by atoms with Gasteiger partial charge in [-0.15, -0.1) is 0 Å². The molecule has 5 atom stereocenters. The Kier molecular flexibility index (Phi) is 7.72. The maximum Gasteiger partial charge on any atom is 0.407 e. The highest BCUT2D eigenvalue weighted by atomic mass is 16.6. The van der Waals surface area contributed by atoms with Gasteiger partial charge in [-0.05, 0) is 65.7 Å². The molecule has 0 aromatic carbocycles. The SMILES string of the molecule is CC1C=C1N(CC(NC(=O)OC(C)(C)C)C1CC2CCCC(C1)N2C(=O)N(C)C)C(C)C(N)=O. The van der Waals surface area contributed by atoms with Crippen LogP contribution >= 0.6 is 0 Å². The minimum atomic E-state index is -0.611. The monoisotopic (exact) mass is 477 g/mol. The fourth-order valence-electron chi connectivity index (χ4n) is 5.48. The number of amides is 4. The molecule has 2 aliphatic heterocycles. The van der Waals surface area contributed by atoms with Gasteiger partial charge in [0.05, 0.1) is 6.04 Å². The van der Waals surface area contributed by atoms with E-state index in [9.17, 15) is 14.4 Å². The van der Waals surface area contributed by atoms with Gasteiger partial charge in [0.15, 0.2) is 0 Å². The third-order valence-corrected chi connectivity index (χ3v) is 7.27. The summed E-state index contributed by atoms with van der Waals surface area (Å²) in [5, 5.41) is 3.13. The average molecular weight is 478 g/mol. The molecule has 3 aliphatic rings. The third kappa shape index (κ3) is 6.16. The zero-order chi connectivity index (χ0) is 25.4. The zero-order valence-corrected chi connectivity index (χ0v) is 21.8. The summed E-state index contributed by atoms with van der Waals surface area (Å²) in [6, 6.07) is -0.349. The molecule has 9 nitrogen and oxygen atoms in total. The molecule has 2 bridgehead atoms. The number of allylic oxidation sites excluding steroid dienone is 2. The van der Waals surface area contributed by atoms with E-state index in [1.54, 1.807) is 19.0 Å². The molecule has 3 N–H and O–H groups in total. The van der Waals surface area contributed by atoms with Crippen LogP contribution in [0.2, 0.25) is 0 Å². The quantitative estimate of drug-likeness (QED) is 0.586. The maximum atomic E-state index is 12.9. The van der Waals surface area contributed by atoms with Gasteiger partial charge in [0.1, 0.15) is 11.6 Å². The maximum absolute atomic E-state index is 12.9. The molecule has 2 heterocycles. The Morgan fingerprint density at radius 3 is 2.21 bits per heavy atom. The van der Waals surface area contributed by atoms with Gasteiger partial charge in [0, 0.05) is 44.3 Å². The summed E-state index contributed by atoms with van der Waals surface area (Å²) in [4.78, 5) is 43.5. The molecule has 3 rings (SSSR count). The van der Waals surface area contributed by atoms with Crippen LogP contribution < -0.4 is 11.1 Å². The predicted octanol–water partition coefficient (Wildman–Crippen LogP) is 2.90. The fraction of sp³-hybridized carbons (Fsp3) is 0.800. The highest BCUT2D eigenvalue weighted by Gasteiger charge is 2.45. The first-order chi connectivity index (χ1) is 15.8. The van der Waals surface area contributed by atoms with Crippen molar-refractivity contribution in [2.24, 2.45) is 17.6 Å². The number of rotatable bonds is 7. The number of hydrogen-bond acceptors (Lipinski definition) is 5. The molecule has 34 heavy (non-hydrogen) atoms. The molecule has 9 heteroatoms. The molecular formula is C25H43N5O4. The first kappa shape index (κ1) is 26.2. The third-order valence-electron chi connectivity index (χ3n) is 7.27.